The summed E-state index contributed by atoms with van der Waals surface area (Å²) >= 11 is 0. The van der Waals surface area contributed by atoms with E-state index < -0.39 is 0 Å². The standard InChI is InChI=1S/C22H31N5O2/c1-15-23-21(26-25-15)17-6-5-11-27(14-17)20(29)12-16-7-9-18(10-8-16)24-19(28)13-22(2,3)4/h7-10,17H,5-6,11-14H2,1-4H3,(H,24,28)(H,23,25,26)/t17-/m1/s1. The molecular weight excluding hydrogens is 366 g/mol. The van der Waals surface area contributed by atoms with Crippen LogP contribution < -0.4 is 5.32 Å². The van der Waals surface area contributed by atoms with Gasteiger partial charge < -0.3 is 10.2 Å². The first-order chi connectivity index (χ1) is 13.7. The molecular formula is C22H31N5O2. The van der Waals surface area contributed by atoms with Gasteiger partial charge in [0.2, 0.25) is 11.8 Å². The third kappa shape index (κ3) is 6.14. The normalized spacial score (nSPS) is 17.2. The van der Waals surface area contributed by atoms with Gasteiger partial charge in [-0.05, 0) is 42.9 Å². The molecule has 0 spiro atoms. The Morgan fingerprint density at radius 3 is 2.59 bits per heavy atom. The number of carbonyl (C=O) groups is 2. The molecule has 1 aliphatic rings. The molecule has 2 aromatic rings. The number of aromatic amines is 1. The number of hydrogen-bond donors (Lipinski definition) is 2. The third-order valence-electron chi connectivity index (χ3n) is 5.04. The van der Waals surface area contributed by atoms with Crippen LogP contribution in [0.2, 0.25) is 0 Å². The van der Waals surface area contributed by atoms with Crippen LogP contribution in [-0.4, -0.2) is 45.0 Å². The van der Waals surface area contributed by atoms with Crippen molar-refractivity contribution in [2.24, 2.45) is 5.41 Å². The minimum Gasteiger partial charge on any atom is -0.342 e. The summed E-state index contributed by atoms with van der Waals surface area (Å²) in [6, 6.07) is 7.53. The molecule has 0 bridgehead atoms. The van der Waals surface area contributed by atoms with E-state index in [-0.39, 0.29) is 23.1 Å². The lowest BCUT2D eigenvalue weighted by atomic mass is 9.92. The van der Waals surface area contributed by atoms with E-state index in [2.05, 4.69) is 20.5 Å². The summed E-state index contributed by atoms with van der Waals surface area (Å²) in [6.07, 6.45) is 2.79. The van der Waals surface area contributed by atoms with Gasteiger partial charge in [0.25, 0.3) is 0 Å². The van der Waals surface area contributed by atoms with Gasteiger partial charge in [0.05, 0.1) is 6.42 Å². The van der Waals surface area contributed by atoms with Gasteiger partial charge in [0, 0.05) is 31.1 Å². The van der Waals surface area contributed by atoms with Gasteiger partial charge in [-0.25, -0.2) is 4.98 Å². The van der Waals surface area contributed by atoms with Crippen molar-refractivity contribution in [1.82, 2.24) is 20.1 Å². The minimum atomic E-state index is -0.0487. The van der Waals surface area contributed by atoms with Crippen LogP contribution >= 0.6 is 0 Å². The molecule has 0 radical (unpaired) electrons. The first-order valence-corrected chi connectivity index (χ1v) is 10.2. The van der Waals surface area contributed by atoms with E-state index in [0.717, 1.165) is 42.3 Å². The molecule has 1 saturated heterocycles. The van der Waals surface area contributed by atoms with Crippen molar-refractivity contribution < 1.29 is 9.59 Å². The van der Waals surface area contributed by atoms with E-state index in [9.17, 15) is 9.59 Å². The second kappa shape index (κ2) is 8.76. The number of anilines is 1. The molecule has 156 valence electrons. The largest absolute Gasteiger partial charge is 0.342 e. The van der Waals surface area contributed by atoms with Gasteiger partial charge in [-0.15, -0.1) is 0 Å². The van der Waals surface area contributed by atoms with Crippen LogP contribution in [0.25, 0.3) is 0 Å². The van der Waals surface area contributed by atoms with E-state index in [4.69, 9.17) is 0 Å². The highest BCUT2D eigenvalue weighted by Gasteiger charge is 2.27. The number of aryl methyl sites for hydroxylation is 1. The minimum absolute atomic E-state index is 0.00268. The Hall–Kier alpha value is -2.70. The molecule has 2 N–H and O–H groups in total. The molecule has 29 heavy (non-hydrogen) atoms. The number of nitrogens with one attached hydrogen (secondary N) is 2. The molecule has 1 aliphatic heterocycles. The molecule has 0 unspecified atom stereocenters. The fraction of sp³-hybridized carbons (Fsp3) is 0.545. The average Bonchev–Trinajstić information content (AvgIpc) is 3.08. The van der Waals surface area contributed by atoms with Crippen LogP contribution in [0.5, 0.6) is 0 Å². The topological polar surface area (TPSA) is 91.0 Å². The van der Waals surface area contributed by atoms with Crippen molar-refractivity contribution in [3.63, 3.8) is 0 Å². The molecule has 7 heteroatoms. The highest BCUT2D eigenvalue weighted by atomic mass is 16.2. The summed E-state index contributed by atoms with van der Waals surface area (Å²) < 4.78 is 0. The van der Waals surface area contributed by atoms with Crippen LogP contribution in [-0.2, 0) is 16.0 Å². The van der Waals surface area contributed by atoms with E-state index in [1.165, 1.54) is 0 Å². The lowest BCUT2D eigenvalue weighted by Crippen LogP contribution is -2.40. The fourth-order valence-electron chi connectivity index (χ4n) is 3.64. The van der Waals surface area contributed by atoms with E-state index in [1.54, 1.807) is 0 Å². The average molecular weight is 398 g/mol. The molecule has 1 aromatic heterocycles. The van der Waals surface area contributed by atoms with Crippen LogP contribution in [0.1, 0.15) is 63.2 Å². The van der Waals surface area contributed by atoms with Crippen LogP contribution in [0.4, 0.5) is 5.69 Å². The Morgan fingerprint density at radius 2 is 1.97 bits per heavy atom. The van der Waals surface area contributed by atoms with Gasteiger partial charge in [-0.2, -0.15) is 5.10 Å². The molecule has 0 saturated carbocycles. The molecule has 2 heterocycles. The summed E-state index contributed by atoms with van der Waals surface area (Å²) in [5.41, 5.74) is 1.65. The Kier molecular flexibility index (Phi) is 6.35. The Morgan fingerprint density at radius 1 is 1.24 bits per heavy atom. The number of amides is 2. The number of benzene rings is 1. The second-order valence-corrected chi connectivity index (χ2v) is 9.12. The zero-order chi connectivity index (χ0) is 21.0. The van der Waals surface area contributed by atoms with E-state index >= 15 is 0 Å². The van der Waals surface area contributed by atoms with E-state index in [0.29, 0.717) is 19.4 Å². The highest BCUT2D eigenvalue weighted by Crippen LogP contribution is 2.25. The smallest absolute Gasteiger partial charge is 0.227 e. The predicted molar refractivity (Wildman–Crippen MR) is 113 cm³/mol. The van der Waals surface area contributed by atoms with Crippen molar-refractivity contribution in [2.45, 2.75) is 59.3 Å². The van der Waals surface area contributed by atoms with Gasteiger partial charge in [-0.3, -0.25) is 14.7 Å². The molecule has 2 amide bonds. The van der Waals surface area contributed by atoms with Crippen molar-refractivity contribution in [1.29, 1.82) is 0 Å². The molecule has 0 aliphatic carbocycles. The maximum absolute atomic E-state index is 12.8. The van der Waals surface area contributed by atoms with Crippen LogP contribution in [0, 0.1) is 12.3 Å². The van der Waals surface area contributed by atoms with Crippen LogP contribution in [0.15, 0.2) is 24.3 Å². The van der Waals surface area contributed by atoms with Gasteiger partial charge in [0.15, 0.2) is 5.82 Å². The maximum atomic E-state index is 12.8. The van der Waals surface area contributed by atoms with Crippen molar-refractivity contribution in [3.05, 3.63) is 41.5 Å². The number of H-pyrrole nitrogens is 1. The Bertz CT molecular complexity index is 851. The summed E-state index contributed by atoms with van der Waals surface area (Å²) in [5, 5.41) is 10.1. The predicted octanol–water partition coefficient (Wildman–Crippen LogP) is 3.44. The van der Waals surface area contributed by atoms with Gasteiger partial charge in [-0.1, -0.05) is 32.9 Å². The zero-order valence-electron chi connectivity index (χ0n) is 17.8. The molecule has 3 rings (SSSR count). The maximum Gasteiger partial charge on any atom is 0.227 e. The number of likely N-dealkylation sites (tertiary alicyclic amines) is 1. The molecule has 1 fully saturated rings. The monoisotopic (exact) mass is 397 g/mol. The highest BCUT2D eigenvalue weighted by molar-refractivity contribution is 5.91. The SMILES string of the molecule is Cc1nc([C@@H]2CCCN(C(=O)Cc3ccc(NC(=O)CC(C)(C)C)cc3)C2)n[nH]1. The summed E-state index contributed by atoms with van der Waals surface area (Å²) in [6.45, 7) is 9.44. The zero-order valence-corrected chi connectivity index (χ0v) is 17.8. The van der Waals surface area contributed by atoms with Crippen molar-refractivity contribution >= 4 is 17.5 Å². The fourth-order valence-corrected chi connectivity index (χ4v) is 3.64. The third-order valence-corrected chi connectivity index (χ3v) is 5.04. The van der Waals surface area contributed by atoms with Gasteiger partial charge in [0.1, 0.15) is 5.82 Å². The van der Waals surface area contributed by atoms with Crippen molar-refractivity contribution in [3.8, 4) is 0 Å². The lowest BCUT2D eigenvalue weighted by molar-refractivity contribution is -0.131. The lowest BCUT2D eigenvalue weighted by Gasteiger charge is -2.31. The van der Waals surface area contributed by atoms with Crippen molar-refractivity contribution in [2.75, 3.05) is 18.4 Å². The number of carbonyl (C=O) groups excluding carboxylic acids is 2. The number of piperidine rings is 1. The first kappa shape index (κ1) is 21.0. The number of hydrogen-bond acceptors (Lipinski definition) is 4. The number of nitrogens with zero attached hydrogens (tertiary/aromatic N) is 3. The molecule has 7 nitrogen and oxygen atoms in total. The van der Waals surface area contributed by atoms with Gasteiger partial charge >= 0.3 is 0 Å². The van der Waals surface area contributed by atoms with Crippen LogP contribution in [0.3, 0.4) is 0 Å². The Labute approximate surface area is 172 Å². The Balaban J connectivity index is 1.54. The molecule has 1 aromatic carbocycles. The summed E-state index contributed by atoms with van der Waals surface area (Å²) in [7, 11) is 0. The first-order valence-electron chi connectivity index (χ1n) is 10.2. The second-order valence-electron chi connectivity index (χ2n) is 9.12. The quantitative estimate of drug-likeness (QED) is 0.809. The summed E-state index contributed by atoms with van der Waals surface area (Å²) in [5.74, 6) is 1.92. The summed E-state index contributed by atoms with van der Waals surface area (Å²) in [4.78, 5) is 31.2. The number of aromatic nitrogens is 3. The van der Waals surface area contributed by atoms with E-state index in [1.807, 2.05) is 56.9 Å². The molecule has 1 atom stereocenters. The number of rotatable bonds is 5.